The number of amides is 2. The van der Waals surface area contributed by atoms with E-state index in [1.54, 1.807) is 6.07 Å². The molecule has 2 rings (SSSR count). The van der Waals surface area contributed by atoms with Gasteiger partial charge in [0, 0.05) is 19.0 Å². The molecule has 1 aromatic heterocycles. The van der Waals surface area contributed by atoms with Gasteiger partial charge in [-0.1, -0.05) is 11.6 Å². The van der Waals surface area contributed by atoms with Crippen LogP contribution in [0.5, 0.6) is 5.75 Å². The number of rotatable bonds is 6. The summed E-state index contributed by atoms with van der Waals surface area (Å²) >= 11 is 9.26. The third kappa shape index (κ3) is 4.97. The molecule has 1 saturated heterocycles. The van der Waals surface area contributed by atoms with Crippen molar-refractivity contribution in [1.82, 2.24) is 15.2 Å². The van der Waals surface area contributed by atoms with Crippen LogP contribution in [0.25, 0.3) is 0 Å². The van der Waals surface area contributed by atoms with E-state index < -0.39 is 6.09 Å². The Morgan fingerprint density at radius 3 is 3.13 bits per heavy atom. The molecule has 0 bridgehead atoms. The monoisotopic (exact) mass is 405 g/mol. The Balaban J connectivity index is 2.02. The highest BCUT2D eigenvalue weighted by molar-refractivity contribution is 9.10. The number of nitrogens with one attached hydrogen (secondary N) is 1. The van der Waals surface area contributed by atoms with E-state index in [-0.39, 0.29) is 17.6 Å². The zero-order valence-corrected chi connectivity index (χ0v) is 14.6. The van der Waals surface area contributed by atoms with E-state index >= 15 is 0 Å². The average molecular weight is 407 g/mol. The number of hydrogen-bond donors (Lipinski definition) is 2. The van der Waals surface area contributed by atoms with E-state index in [0.29, 0.717) is 42.0 Å². The number of carbonyl (C=O) groups excluding carboxylic acids is 1. The standard InChI is InChI=1S/C14H17BrClN3O4/c15-10-4-12(11(5-17-8-20)18-13(10)16)23-7-9-2-1-3-19(6-9)14(21)22/h4,8-9H,1-3,5-7H2,(H,17,20)(H,21,22)/t9-/m1/s1. The van der Waals surface area contributed by atoms with Crippen LogP contribution in [0.1, 0.15) is 18.5 Å². The fourth-order valence-corrected chi connectivity index (χ4v) is 2.91. The van der Waals surface area contributed by atoms with Crippen LogP contribution >= 0.6 is 27.5 Å². The second-order valence-corrected chi connectivity index (χ2v) is 6.46. The fourth-order valence-electron chi connectivity index (χ4n) is 2.46. The van der Waals surface area contributed by atoms with Crippen molar-refractivity contribution >= 4 is 40.0 Å². The van der Waals surface area contributed by atoms with Crippen LogP contribution in [-0.4, -0.2) is 47.2 Å². The number of carbonyl (C=O) groups is 2. The highest BCUT2D eigenvalue weighted by atomic mass is 79.9. The summed E-state index contributed by atoms with van der Waals surface area (Å²) in [6.45, 7) is 1.61. The molecule has 0 saturated carbocycles. The maximum atomic E-state index is 11.0. The number of pyridine rings is 1. The number of halogens is 2. The van der Waals surface area contributed by atoms with E-state index in [9.17, 15) is 9.59 Å². The van der Waals surface area contributed by atoms with Gasteiger partial charge in [0.2, 0.25) is 6.41 Å². The van der Waals surface area contributed by atoms with Crippen LogP contribution in [0.4, 0.5) is 4.79 Å². The minimum atomic E-state index is -0.901. The first-order chi connectivity index (χ1) is 11.0. The zero-order valence-electron chi connectivity index (χ0n) is 12.3. The minimum absolute atomic E-state index is 0.126. The molecule has 7 nitrogen and oxygen atoms in total. The Kier molecular flexibility index (Phi) is 6.47. The van der Waals surface area contributed by atoms with Crippen molar-refractivity contribution in [3.8, 4) is 5.75 Å². The highest BCUT2D eigenvalue weighted by Crippen LogP contribution is 2.29. The van der Waals surface area contributed by atoms with Gasteiger partial charge in [0.05, 0.1) is 17.6 Å². The second kappa shape index (κ2) is 8.35. The molecule has 0 aromatic carbocycles. The van der Waals surface area contributed by atoms with E-state index in [4.69, 9.17) is 21.4 Å². The Hall–Kier alpha value is -1.54. The third-order valence-electron chi connectivity index (χ3n) is 3.59. The van der Waals surface area contributed by atoms with Crippen molar-refractivity contribution in [3.05, 3.63) is 21.4 Å². The van der Waals surface area contributed by atoms with Gasteiger partial charge in [-0.15, -0.1) is 0 Å². The van der Waals surface area contributed by atoms with Crippen molar-refractivity contribution in [2.24, 2.45) is 5.92 Å². The molecule has 1 aliphatic heterocycles. The summed E-state index contributed by atoms with van der Waals surface area (Å²) in [4.78, 5) is 27.1. The molecule has 2 heterocycles. The normalized spacial score (nSPS) is 17.7. The molecule has 0 aliphatic carbocycles. The summed E-state index contributed by atoms with van der Waals surface area (Å²) in [7, 11) is 0. The van der Waals surface area contributed by atoms with Crippen LogP contribution < -0.4 is 10.1 Å². The van der Waals surface area contributed by atoms with E-state index in [2.05, 4.69) is 26.2 Å². The molecule has 0 radical (unpaired) electrons. The molecular formula is C14H17BrClN3O4. The zero-order chi connectivity index (χ0) is 16.8. The van der Waals surface area contributed by atoms with Gasteiger partial charge < -0.3 is 20.1 Å². The summed E-state index contributed by atoms with van der Waals surface area (Å²) in [6, 6.07) is 1.70. The van der Waals surface area contributed by atoms with Gasteiger partial charge in [-0.05, 0) is 34.8 Å². The number of nitrogens with zero attached hydrogens (tertiary/aromatic N) is 2. The lowest BCUT2D eigenvalue weighted by molar-refractivity contribution is -0.109. The molecule has 9 heteroatoms. The summed E-state index contributed by atoms with van der Waals surface area (Å²) in [5.41, 5.74) is 0.524. The Morgan fingerprint density at radius 2 is 2.43 bits per heavy atom. The quantitative estimate of drug-likeness (QED) is 0.559. The lowest BCUT2D eigenvalue weighted by Gasteiger charge is -2.30. The number of carboxylic acid groups (broad SMARTS) is 1. The number of aromatic nitrogens is 1. The lowest BCUT2D eigenvalue weighted by atomic mass is 9.99. The summed E-state index contributed by atoms with van der Waals surface area (Å²) in [6.07, 6.45) is 1.41. The predicted molar refractivity (Wildman–Crippen MR) is 87.7 cm³/mol. The molecular weight excluding hydrogens is 390 g/mol. The SMILES string of the molecule is O=CNCc1nc(Cl)c(Br)cc1OC[C@@H]1CCCN(C(=O)O)C1. The second-order valence-electron chi connectivity index (χ2n) is 5.25. The number of ether oxygens (including phenoxy) is 1. The molecule has 2 N–H and O–H groups in total. The third-order valence-corrected chi connectivity index (χ3v) is 4.71. The molecule has 0 spiro atoms. The maximum Gasteiger partial charge on any atom is 0.407 e. The van der Waals surface area contributed by atoms with Gasteiger partial charge in [-0.25, -0.2) is 9.78 Å². The maximum absolute atomic E-state index is 11.0. The van der Waals surface area contributed by atoms with Gasteiger partial charge in [-0.3, -0.25) is 4.79 Å². The number of hydrogen-bond acceptors (Lipinski definition) is 4. The van der Waals surface area contributed by atoms with Crippen LogP contribution in [-0.2, 0) is 11.3 Å². The first-order valence-corrected chi connectivity index (χ1v) is 8.31. The smallest absolute Gasteiger partial charge is 0.407 e. The van der Waals surface area contributed by atoms with Crippen LogP contribution in [0.2, 0.25) is 5.15 Å². The van der Waals surface area contributed by atoms with Crippen molar-refractivity contribution in [1.29, 1.82) is 0 Å². The van der Waals surface area contributed by atoms with E-state index in [1.807, 2.05) is 0 Å². The van der Waals surface area contributed by atoms with Crippen LogP contribution in [0.3, 0.4) is 0 Å². The molecule has 1 atom stereocenters. The number of likely N-dealkylation sites (tertiary alicyclic amines) is 1. The Labute approximate surface area is 147 Å². The molecule has 1 aromatic rings. The van der Waals surface area contributed by atoms with Gasteiger partial charge in [-0.2, -0.15) is 0 Å². The van der Waals surface area contributed by atoms with Gasteiger partial charge >= 0.3 is 6.09 Å². The molecule has 1 aliphatic rings. The average Bonchev–Trinajstić information content (AvgIpc) is 2.54. The van der Waals surface area contributed by atoms with Crippen molar-refractivity contribution in [2.75, 3.05) is 19.7 Å². The van der Waals surface area contributed by atoms with Crippen molar-refractivity contribution < 1.29 is 19.4 Å². The fraction of sp³-hybridized carbons (Fsp3) is 0.500. The summed E-state index contributed by atoms with van der Waals surface area (Å²) in [5.74, 6) is 0.643. The van der Waals surface area contributed by atoms with Crippen molar-refractivity contribution in [2.45, 2.75) is 19.4 Å². The van der Waals surface area contributed by atoms with Crippen LogP contribution in [0, 0.1) is 5.92 Å². The van der Waals surface area contributed by atoms with Gasteiger partial charge in [0.15, 0.2) is 0 Å². The first kappa shape index (κ1) is 17.8. The topological polar surface area (TPSA) is 91.8 Å². The minimum Gasteiger partial charge on any atom is -0.491 e. The first-order valence-electron chi connectivity index (χ1n) is 7.14. The molecule has 126 valence electrons. The van der Waals surface area contributed by atoms with Crippen molar-refractivity contribution in [3.63, 3.8) is 0 Å². The van der Waals surface area contributed by atoms with Gasteiger partial charge in [0.25, 0.3) is 0 Å². The summed E-state index contributed by atoms with van der Waals surface area (Å²) < 4.78 is 6.41. The lowest BCUT2D eigenvalue weighted by Crippen LogP contribution is -2.40. The van der Waals surface area contributed by atoms with E-state index in [0.717, 1.165) is 12.8 Å². The van der Waals surface area contributed by atoms with E-state index in [1.165, 1.54) is 4.90 Å². The Morgan fingerprint density at radius 1 is 1.65 bits per heavy atom. The summed E-state index contributed by atoms with van der Waals surface area (Å²) in [5, 5.41) is 11.9. The Bertz CT molecular complexity index is 587. The molecule has 1 fully saturated rings. The molecule has 0 unspecified atom stereocenters. The molecule has 2 amide bonds. The largest absolute Gasteiger partial charge is 0.491 e. The predicted octanol–water partition coefficient (Wildman–Crippen LogP) is 2.51. The highest BCUT2D eigenvalue weighted by Gasteiger charge is 2.24. The molecule has 23 heavy (non-hydrogen) atoms. The number of piperidine rings is 1. The van der Waals surface area contributed by atoms with Gasteiger partial charge in [0.1, 0.15) is 16.6 Å². The van der Waals surface area contributed by atoms with Crippen LogP contribution in [0.15, 0.2) is 10.5 Å².